The van der Waals surface area contributed by atoms with E-state index in [0.717, 1.165) is 37.7 Å². The molecule has 0 aromatic rings. The molecule has 28 heavy (non-hydrogen) atoms. The molecule has 0 radical (unpaired) electrons. The minimum Gasteiger partial charge on any atom is -0.458 e. The number of hydrogen-bond acceptors (Lipinski definition) is 6. The van der Waals surface area contributed by atoms with Crippen LogP contribution in [-0.4, -0.2) is 47.1 Å². The molecule has 2 bridgehead atoms. The monoisotopic (exact) mass is 392 g/mol. The third-order valence-corrected chi connectivity index (χ3v) is 6.65. The molecule has 3 aliphatic heterocycles. The van der Waals surface area contributed by atoms with E-state index in [4.69, 9.17) is 14.2 Å². The van der Waals surface area contributed by atoms with Crippen molar-refractivity contribution < 1.29 is 28.9 Å². The Morgan fingerprint density at radius 1 is 1.32 bits per heavy atom. The van der Waals surface area contributed by atoms with E-state index in [1.165, 1.54) is 6.92 Å². The Morgan fingerprint density at radius 2 is 2.04 bits per heavy atom. The summed E-state index contributed by atoms with van der Waals surface area (Å²) in [6.45, 7) is 13.4. The van der Waals surface area contributed by atoms with Gasteiger partial charge in [0.1, 0.15) is 12.2 Å². The summed E-state index contributed by atoms with van der Waals surface area (Å²) in [5, 5.41) is 11.0. The maximum atomic E-state index is 12.3. The predicted octanol–water partition coefficient (Wildman–Crippen LogP) is 3.08. The quantitative estimate of drug-likeness (QED) is 0.420. The van der Waals surface area contributed by atoms with Gasteiger partial charge < -0.3 is 19.3 Å². The normalized spacial score (nSPS) is 42.1. The van der Waals surface area contributed by atoms with E-state index in [2.05, 4.69) is 13.2 Å². The Hall–Kier alpha value is -1.66. The van der Waals surface area contributed by atoms with Crippen LogP contribution in [0.5, 0.6) is 0 Å². The molecule has 0 aromatic heterocycles. The molecular formula is C22H32O6. The fourth-order valence-corrected chi connectivity index (χ4v) is 4.76. The number of fused-ring (bicyclic) bond motifs is 3. The number of ether oxygens (including phenoxy) is 3. The zero-order valence-electron chi connectivity index (χ0n) is 17.1. The Morgan fingerprint density at radius 3 is 2.71 bits per heavy atom. The van der Waals surface area contributed by atoms with Gasteiger partial charge in [0.2, 0.25) is 0 Å². The molecular weight excluding hydrogens is 360 g/mol. The van der Waals surface area contributed by atoms with Crippen molar-refractivity contribution in [1.82, 2.24) is 0 Å². The van der Waals surface area contributed by atoms with Gasteiger partial charge in [-0.25, -0.2) is 4.79 Å². The van der Waals surface area contributed by atoms with E-state index in [9.17, 15) is 14.7 Å². The lowest BCUT2D eigenvalue weighted by Crippen LogP contribution is -2.45. The SMILES string of the molecule is C=C1CCC[C@H](C)[C@@H](OC(C)=O)[C@@H]2OC(=O)C(=C)[C@@H]2C[C@@H](O)C2(C)CCC1O2. The smallest absolute Gasteiger partial charge is 0.334 e. The summed E-state index contributed by atoms with van der Waals surface area (Å²) in [6, 6.07) is 0. The summed E-state index contributed by atoms with van der Waals surface area (Å²) in [7, 11) is 0. The van der Waals surface area contributed by atoms with E-state index in [-0.39, 0.29) is 18.4 Å². The van der Waals surface area contributed by atoms with Gasteiger partial charge in [0, 0.05) is 18.4 Å². The van der Waals surface area contributed by atoms with Crippen LogP contribution in [0.15, 0.2) is 24.3 Å². The van der Waals surface area contributed by atoms with Crippen molar-refractivity contribution >= 4 is 11.9 Å². The minimum absolute atomic E-state index is 0.00510. The summed E-state index contributed by atoms with van der Waals surface area (Å²) in [6.07, 6.45) is 2.27. The van der Waals surface area contributed by atoms with Gasteiger partial charge in [0.25, 0.3) is 0 Å². The Balaban J connectivity index is 1.93. The van der Waals surface area contributed by atoms with Crippen molar-refractivity contribution in [1.29, 1.82) is 0 Å². The molecule has 3 aliphatic rings. The molecule has 3 rings (SSSR count). The summed E-state index contributed by atoms with van der Waals surface area (Å²) < 4.78 is 17.4. The van der Waals surface area contributed by atoms with Crippen molar-refractivity contribution in [3.05, 3.63) is 24.3 Å². The Labute approximate surface area is 166 Å². The largest absolute Gasteiger partial charge is 0.458 e. The number of aliphatic hydroxyl groups excluding tert-OH is 1. The van der Waals surface area contributed by atoms with Gasteiger partial charge in [-0.2, -0.15) is 0 Å². The maximum absolute atomic E-state index is 12.3. The number of rotatable bonds is 1. The third kappa shape index (κ3) is 4.03. The van der Waals surface area contributed by atoms with Crippen molar-refractivity contribution in [3.8, 4) is 0 Å². The second-order valence-electron chi connectivity index (χ2n) is 8.81. The van der Waals surface area contributed by atoms with Crippen LogP contribution in [-0.2, 0) is 23.8 Å². The summed E-state index contributed by atoms with van der Waals surface area (Å²) in [4.78, 5) is 24.0. The first-order valence-corrected chi connectivity index (χ1v) is 10.2. The average molecular weight is 392 g/mol. The molecule has 6 heteroatoms. The highest BCUT2D eigenvalue weighted by Crippen LogP contribution is 2.43. The van der Waals surface area contributed by atoms with Gasteiger partial charge in [-0.3, -0.25) is 4.79 Å². The molecule has 3 fully saturated rings. The number of carbonyl (C=O) groups is 2. The molecule has 7 atom stereocenters. The average Bonchev–Trinajstić information content (AvgIpc) is 3.15. The van der Waals surface area contributed by atoms with Crippen LogP contribution in [0.4, 0.5) is 0 Å². The van der Waals surface area contributed by atoms with Crippen molar-refractivity contribution in [3.63, 3.8) is 0 Å². The van der Waals surface area contributed by atoms with Gasteiger partial charge in [0.15, 0.2) is 0 Å². The lowest BCUT2D eigenvalue weighted by atomic mass is 9.79. The third-order valence-electron chi connectivity index (χ3n) is 6.65. The molecule has 1 N–H and O–H groups in total. The predicted molar refractivity (Wildman–Crippen MR) is 103 cm³/mol. The number of hydrogen-bond donors (Lipinski definition) is 1. The van der Waals surface area contributed by atoms with Crippen molar-refractivity contribution in [2.24, 2.45) is 11.8 Å². The van der Waals surface area contributed by atoms with Crippen LogP contribution in [0.3, 0.4) is 0 Å². The Bertz CT molecular complexity index is 670. The standard InChI is InChI=1S/C22H32O6/c1-12-7-6-8-13(2)19(26-15(4)23)20-16(14(3)21(25)27-20)11-18(24)22(5)10-9-17(12)28-22/h13,16-20,24H,1,3,6-11H2,2,4-5H3/t13-,16-,17?,18+,19+,20+,22?/m0/s1. The first-order chi connectivity index (χ1) is 13.1. The van der Waals surface area contributed by atoms with Gasteiger partial charge in [-0.1, -0.05) is 20.1 Å². The van der Waals surface area contributed by atoms with E-state index < -0.39 is 41.8 Å². The molecule has 3 heterocycles. The lowest BCUT2D eigenvalue weighted by molar-refractivity contribution is -0.166. The van der Waals surface area contributed by atoms with Crippen LogP contribution in [0.2, 0.25) is 0 Å². The molecule has 2 unspecified atom stereocenters. The van der Waals surface area contributed by atoms with Crippen LogP contribution < -0.4 is 0 Å². The van der Waals surface area contributed by atoms with E-state index in [1.54, 1.807) is 0 Å². The highest BCUT2D eigenvalue weighted by atomic mass is 16.6. The molecule has 0 aliphatic carbocycles. The molecule has 0 spiro atoms. The van der Waals surface area contributed by atoms with E-state index >= 15 is 0 Å². The van der Waals surface area contributed by atoms with Crippen molar-refractivity contribution in [2.45, 2.75) is 89.3 Å². The zero-order chi connectivity index (χ0) is 20.6. The minimum atomic E-state index is -0.793. The molecule has 6 nitrogen and oxygen atoms in total. The van der Waals surface area contributed by atoms with E-state index in [0.29, 0.717) is 5.57 Å². The second-order valence-corrected chi connectivity index (χ2v) is 8.81. The molecule has 0 aromatic carbocycles. The molecule has 156 valence electrons. The van der Waals surface area contributed by atoms with Crippen LogP contribution in [0.25, 0.3) is 0 Å². The van der Waals surface area contributed by atoms with Crippen LogP contribution >= 0.6 is 0 Å². The number of esters is 2. The maximum Gasteiger partial charge on any atom is 0.334 e. The van der Waals surface area contributed by atoms with Gasteiger partial charge in [-0.05, 0) is 56.9 Å². The van der Waals surface area contributed by atoms with Crippen LogP contribution in [0.1, 0.15) is 59.3 Å². The van der Waals surface area contributed by atoms with E-state index in [1.807, 2.05) is 13.8 Å². The van der Waals surface area contributed by atoms with Gasteiger partial charge >= 0.3 is 11.9 Å². The van der Waals surface area contributed by atoms with Crippen LogP contribution in [0, 0.1) is 11.8 Å². The molecule has 0 saturated carbocycles. The fourth-order valence-electron chi connectivity index (χ4n) is 4.76. The Kier molecular flexibility index (Phi) is 6.01. The zero-order valence-corrected chi connectivity index (χ0v) is 17.1. The molecule has 0 amide bonds. The summed E-state index contributed by atoms with van der Waals surface area (Å²) in [5.41, 5.74) is 0.661. The van der Waals surface area contributed by atoms with Gasteiger partial charge in [-0.15, -0.1) is 0 Å². The molecule has 3 saturated heterocycles. The highest BCUT2D eigenvalue weighted by molar-refractivity contribution is 5.91. The number of carbonyl (C=O) groups excluding carboxylic acids is 2. The van der Waals surface area contributed by atoms with Gasteiger partial charge in [0.05, 0.1) is 17.8 Å². The topological polar surface area (TPSA) is 82.1 Å². The highest BCUT2D eigenvalue weighted by Gasteiger charge is 2.50. The fraction of sp³-hybridized carbons (Fsp3) is 0.727. The summed E-state index contributed by atoms with van der Waals surface area (Å²) in [5.74, 6) is -1.32. The first kappa shape index (κ1) is 21.1. The second kappa shape index (κ2) is 7.99. The summed E-state index contributed by atoms with van der Waals surface area (Å²) >= 11 is 0. The first-order valence-electron chi connectivity index (χ1n) is 10.2. The number of aliphatic hydroxyl groups is 1. The van der Waals surface area contributed by atoms with Crippen molar-refractivity contribution in [2.75, 3.05) is 0 Å². The lowest BCUT2D eigenvalue weighted by Gasteiger charge is -2.35.